The third-order valence-corrected chi connectivity index (χ3v) is 5.88. The van der Waals surface area contributed by atoms with Crippen LogP contribution in [0.3, 0.4) is 0 Å². The predicted molar refractivity (Wildman–Crippen MR) is 129 cm³/mol. The fourth-order valence-electron chi connectivity index (χ4n) is 3.36. The van der Waals surface area contributed by atoms with Crippen molar-refractivity contribution in [3.63, 3.8) is 0 Å². The number of morpholine rings is 1. The average molecular weight is 491 g/mol. The van der Waals surface area contributed by atoms with E-state index < -0.39 is 6.03 Å². The normalized spacial score (nSPS) is 13.4. The second kappa shape index (κ2) is 10.6. The van der Waals surface area contributed by atoms with Crippen molar-refractivity contribution < 1.29 is 23.7 Å². The maximum atomic E-state index is 12.6. The number of carbonyl (C=O) groups is 1. The summed E-state index contributed by atoms with van der Waals surface area (Å²) in [5.74, 6) is 1.77. The molecule has 1 aliphatic rings. The highest BCUT2D eigenvalue weighted by Gasteiger charge is 2.21. The summed E-state index contributed by atoms with van der Waals surface area (Å²) in [7, 11) is 3.09. The number of para-hydroxylation sites is 1. The lowest BCUT2D eigenvalue weighted by Crippen LogP contribution is -2.36. The van der Waals surface area contributed by atoms with E-state index in [-0.39, 0.29) is 0 Å². The van der Waals surface area contributed by atoms with Gasteiger partial charge in [-0.25, -0.2) is 9.78 Å². The summed E-state index contributed by atoms with van der Waals surface area (Å²) >= 11 is 7.92. The molecule has 0 atom stereocenters. The molecule has 0 saturated carbocycles. The molecule has 2 aromatic carbocycles. The third-order valence-electron chi connectivity index (χ3n) is 4.89. The lowest BCUT2D eigenvalue weighted by molar-refractivity contribution is 0.122. The van der Waals surface area contributed by atoms with E-state index in [9.17, 15) is 4.79 Å². The number of hydrogen-bond acceptors (Lipinski definition) is 8. The van der Waals surface area contributed by atoms with Gasteiger partial charge in [0.25, 0.3) is 0 Å². The zero-order valence-electron chi connectivity index (χ0n) is 18.1. The number of amides is 2. The number of hydrogen-bond donors (Lipinski definition) is 2. The number of nitrogens with one attached hydrogen (secondary N) is 2. The van der Waals surface area contributed by atoms with Crippen molar-refractivity contribution in [2.24, 2.45) is 0 Å². The number of ether oxygens (including phenoxy) is 4. The van der Waals surface area contributed by atoms with E-state index in [0.717, 1.165) is 5.69 Å². The van der Waals surface area contributed by atoms with Crippen molar-refractivity contribution >= 4 is 45.5 Å². The van der Waals surface area contributed by atoms with E-state index in [1.54, 1.807) is 49.0 Å². The zero-order chi connectivity index (χ0) is 23.2. The van der Waals surface area contributed by atoms with Crippen molar-refractivity contribution in [2.45, 2.75) is 0 Å². The number of benzene rings is 2. The van der Waals surface area contributed by atoms with Gasteiger partial charge in [0.05, 0.1) is 43.8 Å². The Morgan fingerprint density at radius 2 is 1.91 bits per heavy atom. The molecule has 0 radical (unpaired) electrons. The van der Waals surface area contributed by atoms with Crippen molar-refractivity contribution in [2.75, 3.05) is 56.1 Å². The first kappa shape index (κ1) is 23.0. The minimum atomic E-state index is -0.470. The van der Waals surface area contributed by atoms with Gasteiger partial charge in [-0.05, 0) is 18.2 Å². The summed E-state index contributed by atoms with van der Waals surface area (Å²) in [6, 6.07) is 8.30. The van der Waals surface area contributed by atoms with E-state index in [0.29, 0.717) is 65.1 Å². The van der Waals surface area contributed by atoms with E-state index in [4.69, 9.17) is 30.5 Å². The second-order valence-corrected chi connectivity index (χ2v) is 8.21. The molecule has 0 bridgehead atoms. The van der Waals surface area contributed by atoms with E-state index in [2.05, 4.69) is 20.5 Å². The van der Waals surface area contributed by atoms with Crippen molar-refractivity contribution in [1.82, 2.24) is 4.98 Å². The molecule has 1 aliphatic heterocycles. The van der Waals surface area contributed by atoms with Gasteiger partial charge >= 0.3 is 6.03 Å². The Morgan fingerprint density at radius 3 is 2.61 bits per heavy atom. The van der Waals surface area contributed by atoms with Crippen molar-refractivity contribution in [1.29, 1.82) is 0 Å². The average Bonchev–Trinajstić information content (AvgIpc) is 3.33. The Balaban J connectivity index is 1.69. The fourth-order valence-corrected chi connectivity index (χ4v) is 4.17. The Kier molecular flexibility index (Phi) is 7.38. The molecule has 174 valence electrons. The number of methoxy groups -OCH3 is 2. The van der Waals surface area contributed by atoms with Crippen LogP contribution in [0.15, 0.2) is 41.9 Å². The first-order chi connectivity index (χ1) is 16.1. The number of thiazole rings is 1. The van der Waals surface area contributed by atoms with Crippen LogP contribution in [0.25, 0.3) is 0 Å². The SMILES string of the molecule is COc1cccc(Oc2cc(N3CCOCC3)c(Cl)cc2NC(=O)Nc2nccs2)c1OC. The van der Waals surface area contributed by atoms with E-state index in [1.807, 2.05) is 0 Å². The molecular formula is C22H23ClN4O5S. The van der Waals surface area contributed by atoms with E-state index in [1.165, 1.54) is 18.4 Å². The van der Waals surface area contributed by atoms with Gasteiger partial charge in [-0.1, -0.05) is 17.7 Å². The van der Waals surface area contributed by atoms with Gasteiger partial charge in [-0.15, -0.1) is 11.3 Å². The highest BCUT2D eigenvalue weighted by atomic mass is 35.5. The molecule has 11 heteroatoms. The number of aromatic nitrogens is 1. The molecule has 0 unspecified atom stereocenters. The number of carbonyl (C=O) groups excluding carboxylic acids is 1. The van der Waals surface area contributed by atoms with Crippen LogP contribution in [0.1, 0.15) is 0 Å². The van der Waals surface area contributed by atoms with Gasteiger partial charge in [0, 0.05) is 30.7 Å². The van der Waals surface area contributed by atoms with Crippen molar-refractivity contribution in [3.05, 3.63) is 46.9 Å². The summed E-state index contributed by atoms with van der Waals surface area (Å²) in [5.41, 5.74) is 1.17. The highest BCUT2D eigenvalue weighted by Crippen LogP contribution is 2.44. The monoisotopic (exact) mass is 490 g/mol. The van der Waals surface area contributed by atoms with Gasteiger partial charge < -0.3 is 29.2 Å². The van der Waals surface area contributed by atoms with Crippen LogP contribution < -0.4 is 29.7 Å². The summed E-state index contributed by atoms with van der Waals surface area (Å²) < 4.78 is 22.5. The zero-order valence-corrected chi connectivity index (χ0v) is 19.7. The van der Waals surface area contributed by atoms with Gasteiger partial charge in [-0.3, -0.25) is 5.32 Å². The topological polar surface area (TPSA) is 94.2 Å². The molecule has 1 fully saturated rings. The standard InChI is InChI=1S/C22H23ClN4O5S/c1-29-17-4-3-5-18(20(17)30-2)32-19-13-16(27-7-9-31-10-8-27)14(23)12-15(19)25-21(28)26-22-24-6-11-33-22/h3-6,11-13H,7-10H2,1-2H3,(H2,24,25,26,28). The van der Waals surface area contributed by atoms with Crippen LogP contribution in [0.5, 0.6) is 23.0 Å². The van der Waals surface area contributed by atoms with Crippen LogP contribution >= 0.6 is 22.9 Å². The Bertz CT molecular complexity index is 1110. The first-order valence-corrected chi connectivity index (χ1v) is 11.4. The molecule has 4 rings (SSSR count). The predicted octanol–water partition coefficient (Wildman–Crippen LogP) is 5.09. The summed E-state index contributed by atoms with van der Waals surface area (Å²) in [5, 5.41) is 8.21. The number of halogens is 1. The van der Waals surface area contributed by atoms with Gasteiger partial charge in [0.1, 0.15) is 0 Å². The molecular weight excluding hydrogens is 468 g/mol. The van der Waals surface area contributed by atoms with Gasteiger partial charge in [0.15, 0.2) is 22.4 Å². The number of rotatable bonds is 7. The Hall–Kier alpha value is -3.21. The lowest BCUT2D eigenvalue weighted by Gasteiger charge is -2.30. The third kappa shape index (κ3) is 5.41. The maximum Gasteiger partial charge on any atom is 0.325 e. The molecule has 1 aromatic heterocycles. The fraction of sp³-hybridized carbons (Fsp3) is 0.273. The van der Waals surface area contributed by atoms with Crippen LogP contribution in [0.4, 0.5) is 21.3 Å². The second-order valence-electron chi connectivity index (χ2n) is 6.91. The van der Waals surface area contributed by atoms with Crippen LogP contribution in [-0.4, -0.2) is 51.5 Å². The highest BCUT2D eigenvalue weighted by molar-refractivity contribution is 7.13. The number of anilines is 3. The molecule has 0 aliphatic carbocycles. The first-order valence-electron chi connectivity index (χ1n) is 10.1. The van der Waals surface area contributed by atoms with Gasteiger partial charge in [0.2, 0.25) is 5.75 Å². The molecule has 0 spiro atoms. The molecule has 2 N–H and O–H groups in total. The minimum Gasteiger partial charge on any atom is -0.493 e. The molecule has 33 heavy (non-hydrogen) atoms. The summed E-state index contributed by atoms with van der Waals surface area (Å²) in [6.07, 6.45) is 1.61. The molecule has 3 aromatic rings. The Labute approximate surface area is 200 Å². The molecule has 2 heterocycles. The van der Waals surface area contributed by atoms with E-state index >= 15 is 0 Å². The van der Waals surface area contributed by atoms with Crippen LogP contribution in [0.2, 0.25) is 5.02 Å². The molecule has 9 nitrogen and oxygen atoms in total. The minimum absolute atomic E-state index is 0.385. The number of nitrogens with zero attached hydrogens (tertiary/aromatic N) is 2. The van der Waals surface area contributed by atoms with Crippen LogP contribution in [0, 0.1) is 0 Å². The van der Waals surface area contributed by atoms with Crippen LogP contribution in [-0.2, 0) is 4.74 Å². The quantitative estimate of drug-likeness (QED) is 0.476. The Morgan fingerprint density at radius 1 is 1.12 bits per heavy atom. The largest absolute Gasteiger partial charge is 0.493 e. The number of urea groups is 1. The van der Waals surface area contributed by atoms with Gasteiger partial charge in [-0.2, -0.15) is 0 Å². The molecule has 2 amide bonds. The summed E-state index contributed by atoms with van der Waals surface area (Å²) in [6.45, 7) is 2.59. The lowest BCUT2D eigenvalue weighted by atomic mass is 10.2. The molecule has 1 saturated heterocycles. The summed E-state index contributed by atoms with van der Waals surface area (Å²) in [4.78, 5) is 18.8. The maximum absolute atomic E-state index is 12.6. The smallest absolute Gasteiger partial charge is 0.325 e. The van der Waals surface area contributed by atoms with Crippen molar-refractivity contribution in [3.8, 4) is 23.0 Å².